The van der Waals surface area contributed by atoms with E-state index in [0.717, 1.165) is 45.8 Å². The van der Waals surface area contributed by atoms with Gasteiger partial charge in [0.1, 0.15) is 5.01 Å². The van der Waals surface area contributed by atoms with Crippen LogP contribution in [-0.2, 0) is 17.8 Å². The quantitative estimate of drug-likeness (QED) is 0.855. The Morgan fingerprint density at radius 1 is 1.56 bits per heavy atom. The lowest BCUT2D eigenvalue weighted by molar-refractivity contribution is -0.0327. The van der Waals surface area contributed by atoms with Crippen molar-refractivity contribution >= 4 is 11.3 Å². The minimum atomic E-state index is 0.401. The molecule has 0 bridgehead atoms. The molecule has 1 aliphatic heterocycles. The van der Waals surface area contributed by atoms with Crippen LogP contribution in [0.5, 0.6) is 0 Å². The third-order valence-corrected chi connectivity index (χ3v) is 4.09. The Morgan fingerprint density at radius 2 is 2.44 bits per heavy atom. The fourth-order valence-electron chi connectivity index (χ4n) is 2.13. The molecule has 1 atom stereocenters. The highest BCUT2D eigenvalue weighted by Crippen LogP contribution is 2.15. The van der Waals surface area contributed by atoms with Crippen LogP contribution in [0.1, 0.15) is 31.0 Å². The largest absolute Gasteiger partial charge is 0.376 e. The average molecular weight is 269 g/mol. The predicted molar refractivity (Wildman–Crippen MR) is 74.8 cm³/mol. The minimum Gasteiger partial charge on any atom is -0.376 e. The number of morpholine rings is 1. The molecule has 1 saturated heterocycles. The molecule has 0 aromatic carbocycles. The van der Waals surface area contributed by atoms with Gasteiger partial charge in [0.25, 0.3) is 0 Å². The Balaban J connectivity index is 1.83. The average Bonchev–Trinajstić information content (AvgIpc) is 2.84. The van der Waals surface area contributed by atoms with E-state index < -0.39 is 0 Å². The monoisotopic (exact) mass is 269 g/mol. The Morgan fingerprint density at radius 3 is 3.22 bits per heavy atom. The summed E-state index contributed by atoms with van der Waals surface area (Å²) in [6.07, 6.45) is 1.50. The van der Waals surface area contributed by atoms with Gasteiger partial charge in [-0.1, -0.05) is 13.8 Å². The van der Waals surface area contributed by atoms with E-state index in [4.69, 9.17) is 4.74 Å². The SMILES string of the molecule is CCNCc1nc(CN2CCOC(CC)C2)cs1. The summed E-state index contributed by atoms with van der Waals surface area (Å²) in [6, 6.07) is 0. The molecular weight excluding hydrogens is 246 g/mol. The van der Waals surface area contributed by atoms with Gasteiger partial charge in [-0.15, -0.1) is 11.3 Å². The van der Waals surface area contributed by atoms with Crippen LogP contribution < -0.4 is 5.32 Å². The van der Waals surface area contributed by atoms with Gasteiger partial charge in [0.05, 0.1) is 18.4 Å². The zero-order valence-electron chi connectivity index (χ0n) is 11.3. The molecule has 2 rings (SSSR count). The molecule has 0 saturated carbocycles. The van der Waals surface area contributed by atoms with Gasteiger partial charge < -0.3 is 10.1 Å². The van der Waals surface area contributed by atoms with E-state index in [1.165, 1.54) is 10.7 Å². The van der Waals surface area contributed by atoms with E-state index in [1.807, 2.05) is 0 Å². The van der Waals surface area contributed by atoms with Crippen molar-refractivity contribution in [1.29, 1.82) is 0 Å². The summed E-state index contributed by atoms with van der Waals surface area (Å²) in [5.74, 6) is 0. The first kappa shape index (κ1) is 13.9. The number of hydrogen-bond donors (Lipinski definition) is 1. The standard InChI is InChI=1S/C13H23N3OS/c1-3-12-9-16(5-6-17-12)8-11-10-18-13(15-11)7-14-4-2/h10,12,14H,3-9H2,1-2H3. The van der Waals surface area contributed by atoms with E-state index in [-0.39, 0.29) is 0 Å². The summed E-state index contributed by atoms with van der Waals surface area (Å²) in [5.41, 5.74) is 1.20. The molecule has 1 fully saturated rings. The van der Waals surface area contributed by atoms with Gasteiger partial charge >= 0.3 is 0 Å². The summed E-state index contributed by atoms with van der Waals surface area (Å²) in [6.45, 7) is 10.1. The number of ether oxygens (including phenoxy) is 1. The molecule has 0 amide bonds. The number of hydrogen-bond acceptors (Lipinski definition) is 5. The highest BCUT2D eigenvalue weighted by atomic mass is 32.1. The molecular formula is C13H23N3OS. The van der Waals surface area contributed by atoms with Crippen LogP contribution in [0.4, 0.5) is 0 Å². The molecule has 0 spiro atoms. The molecule has 0 radical (unpaired) electrons. The van der Waals surface area contributed by atoms with E-state index >= 15 is 0 Å². The van der Waals surface area contributed by atoms with E-state index in [2.05, 4.69) is 34.4 Å². The van der Waals surface area contributed by atoms with Gasteiger partial charge in [-0.25, -0.2) is 4.98 Å². The number of aromatic nitrogens is 1. The second-order valence-electron chi connectivity index (χ2n) is 4.65. The Labute approximate surface area is 113 Å². The van der Waals surface area contributed by atoms with Crippen LogP contribution in [0.3, 0.4) is 0 Å². The van der Waals surface area contributed by atoms with Crippen LogP contribution in [-0.4, -0.2) is 42.2 Å². The zero-order chi connectivity index (χ0) is 12.8. The maximum atomic E-state index is 5.68. The van der Waals surface area contributed by atoms with Crippen LogP contribution in [0, 0.1) is 0 Å². The zero-order valence-corrected chi connectivity index (χ0v) is 12.1. The second kappa shape index (κ2) is 7.19. The number of nitrogens with zero attached hydrogens (tertiary/aromatic N) is 2. The third-order valence-electron chi connectivity index (χ3n) is 3.19. The van der Waals surface area contributed by atoms with Gasteiger partial charge in [0.2, 0.25) is 0 Å². The lowest BCUT2D eigenvalue weighted by atomic mass is 10.2. The van der Waals surface area contributed by atoms with E-state index in [1.54, 1.807) is 11.3 Å². The van der Waals surface area contributed by atoms with Gasteiger partial charge in [-0.3, -0.25) is 4.90 Å². The molecule has 1 aliphatic rings. The summed E-state index contributed by atoms with van der Waals surface area (Å²) >= 11 is 1.75. The normalized spacial score (nSPS) is 21.3. The topological polar surface area (TPSA) is 37.4 Å². The van der Waals surface area contributed by atoms with Crippen LogP contribution >= 0.6 is 11.3 Å². The highest BCUT2D eigenvalue weighted by molar-refractivity contribution is 7.09. The van der Waals surface area contributed by atoms with Crippen molar-refractivity contribution in [2.45, 2.75) is 39.5 Å². The number of thiazole rings is 1. The van der Waals surface area contributed by atoms with Crippen molar-refractivity contribution in [2.24, 2.45) is 0 Å². The summed E-state index contributed by atoms with van der Waals surface area (Å²) < 4.78 is 5.68. The second-order valence-corrected chi connectivity index (χ2v) is 5.59. The molecule has 1 unspecified atom stereocenters. The Kier molecular flexibility index (Phi) is 5.56. The van der Waals surface area contributed by atoms with E-state index in [9.17, 15) is 0 Å². The fraction of sp³-hybridized carbons (Fsp3) is 0.769. The third kappa shape index (κ3) is 4.02. The van der Waals surface area contributed by atoms with Crippen molar-refractivity contribution in [3.8, 4) is 0 Å². The molecule has 0 aliphatic carbocycles. The minimum absolute atomic E-state index is 0.401. The summed E-state index contributed by atoms with van der Waals surface area (Å²) in [5, 5.41) is 6.68. The van der Waals surface area contributed by atoms with Crippen molar-refractivity contribution in [3.05, 3.63) is 16.1 Å². The molecule has 5 heteroatoms. The first-order valence-corrected chi connectivity index (χ1v) is 7.67. The molecule has 102 valence electrons. The van der Waals surface area contributed by atoms with Crippen molar-refractivity contribution < 1.29 is 4.74 Å². The van der Waals surface area contributed by atoms with Gasteiger partial charge in [-0.2, -0.15) is 0 Å². The molecule has 18 heavy (non-hydrogen) atoms. The van der Waals surface area contributed by atoms with Crippen molar-refractivity contribution in [2.75, 3.05) is 26.2 Å². The Hall–Kier alpha value is -0.490. The molecule has 1 N–H and O–H groups in total. The maximum absolute atomic E-state index is 5.68. The number of nitrogens with one attached hydrogen (secondary N) is 1. The van der Waals surface area contributed by atoms with Gasteiger partial charge in [0.15, 0.2) is 0 Å². The fourth-order valence-corrected chi connectivity index (χ4v) is 2.89. The smallest absolute Gasteiger partial charge is 0.107 e. The van der Waals surface area contributed by atoms with E-state index in [0.29, 0.717) is 6.10 Å². The lowest BCUT2D eigenvalue weighted by Gasteiger charge is -2.31. The summed E-state index contributed by atoms with van der Waals surface area (Å²) in [7, 11) is 0. The predicted octanol–water partition coefficient (Wildman–Crippen LogP) is 1.86. The van der Waals surface area contributed by atoms with Crippen LogP contribution in [0.25, 0.3) is 0 Å². The molecule has 4 nitrogen and oxygen atoms in total. The van der Waals surface area contributed by atoms with Gasteiger partial charge in [-0.05, 0) is 13.0 Å². The molecule has 1 aromatic heterocycles. The van der Waals surface area contributed by atoms with Crippen molar-refractivity contribution in [1.82, 2.24) is 15.2 Å². The highest BCUT2D eigenvalue weighted by Gasteiger charge is 2.19. The van der Waals surface area contributed by atoms with Crippen molar-refractivity contribution in [3.63, 3.8) is 0 Å². The maximum Gasteiger partial charge on any atom is 0.107 e. The molecule has 1 aromatic rings. The van der Waals surface area contributed by atoms with Gasteiger partial charge in [0, 0.05) is 31.6 Å². The Bertz CT molecular complexity index is 356. The molecule has 2 heterocycles. The summed E-state index contributed by atoms with van der Waals surface area (Å²) in [4.78, 5) is 7.11. The number of rotatable bonds is 6. The van der Waals surface area contributed by atoms with Crippen LogP contribution in [0.15, 0.2) is 5.38 Å². The first-order chi connectivity index (χ1) is 8.81. The lowest BCUT2D eigenvalue weighted by Crippen LogP contribution is -2.41. The van der Waals surface area contributed by atoms with Crippen LogP contribution in [0.2, 0.25) is 0 Å². The first-order valence-electron chi connectivity index (χ1n) is 6.79.